The maximum Gasteiger partial charge on any atom is 0.0254 e. The molecule has 0 radical (unpaired) electrons. The standard InChI is InChI=1S/C19H23Br/c1-4-7-15-9-11-19(20)18(13-15)17-12-14(5-2)8-10-16(17)6-3/h8-13H,4-7H2,1-3H3. The second-order valence-corrected chi connectivity index (χ2v) is 6.12. The van der Waals surface area contributed by atoms with Crippen LogP contribution in [0.15, 0.2) is 40.9 Å². The van der Waals surface area contributed by atoms with Crippen molar-refractivity contribution in [1.82, 2.24) is 0 Å². The van der Waals surface area contributed by atoms with Gasteiger partial charge in [-0.3, -0.25) is 0 Å². The van der Waals surface area contributed by atoms with Gasteiger partial charge in [0, 0.05) is 4.47 Å². The van der Waals surface area contributed by atoms with Crippen molar-refractivity contribution in [3.63, 3.8) is 0 Å². The van der Waals surface area contributed by atoms with Gasteiger partial charge in [0.05, 0.1) is 0 Å². The normalized spacial score (nSPS) is 10.8. The molecule has 0 saturated heterocycles. The second-order valence-electron chi connectivity index (χ2n) is 5.26. The highest BCUT2D eigenvalue weighted by atomic mass is 79.9. The van der Waals surface area contributed by atoms with Crippen LogP contribution in [0.5, 0.6) is 0 Å². The minimum absolute atomic E-state index is 1.07. The monoisotopic (exact) mass is 330 g/mol. The SMILES string of the molecule is CCCc1ccc(Br)c(-c2cc(CC)ccc2CC)c1. The molecule has 0 aliphatic heterocycles. The van der Waals surface area contributed by atoms with Crippen molar-refractivity contribution >= 4 is 15.9 Å². The summed E-state index contributed by atoms with van der Waals surface area (Å²) in [6.07, 6.45) is 4.50. The Morgan fingerprint density at radius 2 is 1.50 bits per heavy atom. The van der Waals surface area contributed by atoms with E-state index >= 15 is 0 Å². The van der Waals surface area contributed by atoms with Crippen molar-refractivity contribution < 1.29 is 0 Å². The summed E-state index contributed by atoms with van der Waals surface area (Å²) < 4.78 is 1.19. The summed E-state index contributed by atoms with van der Waals surface area (Å²) in [5.41, 5.74) is 6.98. The second kappa shape index (κ2) is 7.08. The molecule has 0 amide bonds. The van der Waals surface area contributed by atoms with Crippen molar-refractivity contribution in [3.05, 3.63) is 57.6 Å². The highest BCUT2D eigenvalue weighted by molar-refractivity contribution is 9.10. The van der Waals surface area contributed by atoms with Gasteiger partial charge in [0.25, 0.3) is 0 Å². The molecule has 2 rings (SSSR count). The van der Waals surface area contributed by atoms with Crippen LogP contribution >= 0.6 is 15.9 Å². The molecule has 1 heteroatoms. The number of hydrogen-bond acceptors (Lipinski definition) is 0. The van der Waals surface area contributed by atoms with Crippen molar-refractivity contribution in [3.8, 4) is 11.1 Å². The Kier molecular flexibility index (Phi) is 5.42. The highest BCUT2D eigenvalue weighted by Gasteiger charge is 2.09. The van der Waals surface area contributed by atoms with Crippen molar-refractivity contribution in [2.75, 3.05) is 0 Å². The van der Waals surface area contributed by atoms with E-state index in [1.807, 2.05) is 0 Å². The van der Waals surface area contributed by atoms with E-state index in [1.54, 1.807) is 0 Å². The van der Waals surface area contributed by atoms with Crippen molar-refractivity contribution in [2.45, 2.75) is 46.5 Å². The van der Waals surface area contributed by atoms with Gasteiger partial charge in [0.2, 0.25) is 0 Å². The number of halogens is 1. The molecule has 0 aliphatic carbocycles. The molecule has 0 atom stereocenters. The van der Waals surface area contributed by atoms with Crippen LogP contribution in [-0.2, 0) is 19.3 Å². The Morgan fingerprint density at radius 3 is 2.15 bits per heavy atom. The number of hydrogen-bond donors (Lipinski definition) is 0. The summed E-state index contributed by atoms with van der Waals surface area (Å²) >= 11 is 3.73. The molecule has 2 aromatic rings. The molecular formula is C19H23Br. The molecule has 20 heavy (non-hydrogen) atoms. The van der Waals surface area contributed by atoms with Crippen molar-refractivity contribution in [2.24, 2.45) is 0 Å². The predicted molar refractivity (Wildman–Crippen MR) is 92.3 cm³/mol. The molecule has 0 unspecified atom stereocenters. The molecule has 2 aromatic carbocycles. The minimum Gasteiger partial charge on any atom is -0.0651 e. The zero-order chi connectivity index (χ0) is 14.5. The summed E-state index contributed by atoms with van der Waals surface area (Å²) in [5.74, 6) is 0. The minimum atomic E-state index is 1.07. The van der Waals surface area contributed by atoms with E-state index < -0.39 is 0 Å². The zero-order valence-electron chi connectivity index (χ0n) is 12.7. The van der Waals surface area contributed by atoms with Gasteiger partial charge in [-0.25, -0.2) is 0 Å². The Labute approximate surface area is 131 Å². The van der Waals surface area contributed by atoms with Crippen LogP contribution in [-0.4, -0.2) is 0 Å². The van der Waals surface area contributed by atoms with E-state index in [2.05, 4.69) is 73.1 Å². The quantitative estimate of drug-likeness (QED) is 0.612. The average molecular weight is 331 g/mol. The molecule has 0 aromatic heterocycles. The smallest absolute Gasteiger partial charge is 0.0254 e. The first-order valence-electron chi connectivity index (χ1n) is 7.60. The fraction of sp³-hybridized carbons (Fsp3) is 0.368. The van der Waals surface area contributed by atoms with Gasteiger partial charge in [0.1, 0.15) is 0 Å². The molecule has 0 N–H and O–H groups in total. The Hall–Kier alpha value is -1.08. The topological polar surface area (TPSA) is 0 Å². The van der Waals surface area contributed by atoms with Crippen LogP contribution in [0.3, 0.4) is 0 Å². The Bertz CT molecular complexity index is 584. The predicted octanol–water partition coefficient (Wildman–Crippen LogP) is 6.19. The third kappa shape index (κ3) is 3.32. The van der Waals surface area contributed by atoms with Crippen LogP contribution in [0.4, 0.5) is 0 Å². The van der Waals surface area contributed by atoms with Gasteiger partial charge in [-0.2, -0.15) is 0 Å². The third-order valence-corrected chi connectivity index (χ3v) is 4.51. The number of benzene rings is 2. The van der Waals surface area contributed by atoms with Crippen molar-refractivity contribution in [1.29, 1.82) is 0 Å². The first-order chi connectivity index (χ1) is 9.69. The largest absolute Gasteiger partial charge is 0.0651 e. The Morgan fingerprint density at radius 1 is 0.800 bits per heavy atom. The molecule has 0 fully saturated rings. The molecule has 0 spiro atoms. The lowest BCUT2D eigenvalue weighted by atomic mass is 9.93. The summed E-state index contributed by atoms with van der Waals surface area (Å²) in [6, 6.07) is 13.7. The van der Waals surface area contributed by atoms with Gasteiger partial charge >= 0.3 is 0 Å². The van der Waals surface area contributed by atoms with Crippen LogP contribution in [0, 0.1) is 0 Å². The van der Waals surface area contributed by atoms with Crippen LogP contribution in [0.2, 0.25) is 0 Å². The van der Waals surface area contributed by atoms with E-state index in [4.69, 9.17) is 0 Å². The van der Waals surface area contributed by atoms with Gasteiger partial charge < -0.3 is 0 Å². The lowest BCUT2D eigenvalue weighted by molar-refractivity contribution is 0.922. The van der Waals surface area contributed by atoms with Crippen LogP contribution in [0.1, 0.15) is 43.9 Å². The summed E-state index contributed by atoms with van der Waals surface area (Å²) in [7, 11) is 0. The maximum atomic E-state index is 3.73. The van der Waals surface area contributed by atoms with Gasteiger partial charge in [-0.1, -0.05) is 73.5 Å². The van der Waals surface area contributed by atoms with E-state index in [0.717, 1.165) is 19.3 Å². The summed E-state index contributed by atoms with van der Waals surface area (Å²) in [5, 5.41) is 0. The number of rotatable bonds is 5. The summed E-state index contributed by atoms with van der Waals surface area (Å²) in [6.45, 7) is 6.68. The lowest BCUT2D eigenvalue weighted by Crippen LogP contribution is -1.93. The Balaban J connectivity index is 2.56. The molecule has 0 heterocycles. The fourth-order valence-electron chi connectivity index (χ4n) is 2.63. The summed E-state index contributed by atoms with van der Waals surface area (Å²) in [4.78, 5) is 0. The molecule has 0 nitrogen and oxygen atoms in total. The first-order valence-corrected chi connectivity index (χ1v) is 8.39. The zero-order valence-corrected chi connectivity index (χ0v) is 14.3. The molecule has 0 saturated carbocycles. The van der Waals surface area contributed by atoms with Crippen LogP contribution < -0.4 is 0 Å². The van der Waals surface area contributed by atoms with E-state index in [0.29, 0.717) is 0 Å². The van der Waals surface area contributed by atoms with E-state index in [1.165, 1.54) is 38.7 Å². The highest BCUT2D eigenvalue weighted by Crippen LogP contribution is 2.33. The lowest BCUT2D eigenvalue weighted by Gasteiger charge is -2.13. The third-order valence-electron chi connectivity index (χ3n) is 3.82. The molecule has 0 aliphatic rings. The van der Waals surface area contributed by atoms with E-state index in [9.17, 15) is 0 Å². The van der Waals surface area contributed by atoms with E-state index in [-0.39, 0.29) is 0 Å². The average Bonchev–Trinajstić information content (AvgIpc) is 2.49. The van der Waals surface area contributed by atoms with Gasteiger partial charge in [0.15, 0.2) is 0 Å². The maximum absolute atomic E-state index is 3.73. The van der Waals surface area contributed by atoms with Gasteiger partial charge in [-0.15, -0.1) is 0 Å². The number of aryl methyl sites for hydroxylation is 3. The first kappa shape index (κ1) is 15.3. The molecule has 106 valence electrons. The fourth-order valence-corrected chi connectivity index (χ4v) is 3.09. The van der Waals surface area contributed by atoms with Crippen LogP contribution in [0.25, 0.3) is 11.1 Å². The molecule has 0 bridgehead atoms. The van der Waals surface area contributed by atoms with Gasteiger partial charge in [-0.05, 0) is 53.1 Å². The molecular weight excluding hydrogens is 308 g/mol.